The first-order valence-corrected chi connectivity index (χ1v) is 5.35. The lowest BCUT2D eigenvalue weighted by molar-refractivity contribution is -0.116. The summed E-state index contributed by atoms with van der Waals surface area (Å²) in [7, 11) is 0. The minimum absolute atomic E-state index is 0.214. The number of aliphatic imine (C=N–C) groups is 1. The molecule has 1 amide bonds. The van der Waals surface area contributed by atoms with E-state index in [9.17, 15) is 4.79 Å². The van der Waals surface area contributed by atoms with Gasteiger partial charge < -0.3 is 10.1 Å². The molecule has 2 rings (SSSR count). The number of rotatable bonds is 4. The van der Waals surface area contributed by atoms with Gasteiger partial charge in [-0.25, -0.2) is 4.99 Å². The van der Waals surface area contributed by atoms with E-state index in [1.807, 2.05) is 30.3 Å². The molecule has 0 saturated heterocycles. The van der Waals surface area contributed by atoms with Crippen LogP contribution >= 0.6 is 0 Å². The van der Waals surface area contributed by atoms with E-state index in [-0.39, 0.29) is 11.8 Å². The van der Waals surface area contributed by atoms with Gasteiger partial charge in [-0.3, -0.25) is 4.79 Å². The molecule has 0 aromatic heterocycles. The van der Waals surface area contributed by atoms with Gasteiger partial charge in [0.1, 0.15) is 6.61 Å². The quantitative estimate of drug-likeness (QED) is 0.811. The van der Waals surface area contributed by atoms with Crippen molar-refractivity contribution in [1.29, 1.82) is 0 Å². The van der Waals surface area contributed by atoms with E-state index >= 15 is 0 Å². The van der Waals surface area contributed by atoms with Crippen LogP contribution in [0.4, 0.5) is 0 Å². The Kier molecular flexibility index (Phi) is 3.53. The van der Waals surface area contributed by atoms with Crippen molar-refractivity contribution >= 4 is 11.8 Å². The van der Waals surface area contributed by atoms with Crippen LogP contribution in [0.15, 0.2) is 35.3 Å². The molecular weight excluding hydrogens is 204 g/mol. The summed E-state index contributed by atoms with van der Waals surface area (Å²) in [4.78, 5) is 15.4. The first kappa shape index (κ1) is 10.7. The van der Waals surface area contributed by atoms with E-state index in [4.69, 9.17) is 4.74 Å². The number of nitrogens with zero attached hydrogens (tertiary/aromatic N) is 1. The molecule has 1 N–H and O–H groups in total. The van der Waals surface area contributed by atoms with E-state index < -0.39 is 0 Å². The minimum atomic E-state index is -0.214. The molecule has 16 heavy (non-hydrogen) atoms. The van der Waals surface area contributed by atoms with Crippen molar-refractivity contribution < 1.29 is 9.53 Å². The maximum atomic E-state index is 11.5. The van der Waals surface area contributed by atoms with Gasteiger partial charge in [-0.15, -0.1) is 0 Å². The smallest absolute Gasteiger partial charge is 0.306 e. The monoisotopic (exact) mass is 218 g/mol. The zero-order valence-electron chi connectivity index (χ0n) is 8.98. The average molecular weight is 218 g/mol. The van der Waals surface area contributed by atoms with Gasteiger partial charge in [0.25, 0.3) is 5.90 Å². The van der Waals surface area contributed by atoms with Crippen molar-refractivity contribution in [2.45, 2.75) is 6.42 Å². The second-order valence-electron chi connectivity index (χ2n) is 3.53. The van der Waals surface area contributed by atoms with Gasteiger partial charge in [0, 0.05) is 6.54 Å². The third-order valence-corrected chi connectivity index (χ3v) is 2.32. The fourth-order valence-electron chi connectivity index (χ4n) is 1.51. The maximum absolute atomic E-state index is 11.5. The van der Waals surface area contributed by atoms with Crippen LogP contribution in [-0.4, -0.2) is 31.5 Å². The van der Waals surface area contributed by atoms with E-state index in [0.29, 0.717) is 19.7 Å². The van der Waals surface area contributed by atoms with Crippen molar-refractivity contribution in [2.24, 2.45) is 4.99 Å². The number of amides is 1. The number of nitrogens with one attached hydrogen (secondary N) is 1. The molecule has 0 radical (unpaired) electrons. The first-order valence-electron chi connectivity index (χ1n) is 5.35. The Morgan fingerprint density at radius 2 is 2.19 bits per heavy atom. The molecule has 1 aliphatic rings. The number of hydrogen-bond donors (Lipinski definition) is 1. The molecule has 84 valence electrons. The summed E-state index contributed by atoms with van der Waals surface area (Å²) in [6, 6.07) is 10.0. The van der Waals surface area contributed by atoms with E-state index in [1.54, 1.807) is 0 Å². The minimum Gasteiger partial charge on any atom is -0.472 e. The van der Waals surface area contributed by atoms with Crippen LogP contribution < -0.4 is 5.32 Å². The maximum Gasteiger partial charge on any atom is 0.306 e. The second-order valence-corrected chi connectivity index (χ2v) is 3.53. The second kappa shape index (κ2) is 5.30. The molecule has 1 aromatic rings. The number of hydrogen-bond acceptors (Lipinski definition) is 3. The predicted molar refractivity (Wildman–Crippen MR) is 61.4 cm³/mol. The summed E-state index contributed by atoms with van der Waals surface area (Å²) in [6.45, 7) is 1.70. The average Bonchev–Trinajstić information content (AvgIpc) is 2.84. The highest BCUT2D eigenvalue weighted by molar-refractivity contribution is 6.35. The number of ether oxygens (including phenoxy) is 1. The Morgan fingerprint density at radius 1 is 1.38 bits per heavy atom. The lowest BCUT2D eigenvalue weighted by Gasteiger charge is -2.04. The van der Waals surface area contributed by atoms with Crippen molar-refractivity contribution in [3.63, 3.8) is 0 Å². The molecule has 1 aliphatic heterocycles. The molecule has 0 unspecified atom stereocenters. The molecular formula is C12H14N2O2. The molecule has 0 saturated carbocycles. The van der Waals surface area contributed by atoms with Crippen LogP contribution in [0, 0.1) is 0 Å². The summed E-state index contributed by atoms with van der Waals surface area (Å²) in [5.74, 6) is 0.00138. The third-order valence-electron chi connectivity index (χ3n) is 2.32. The molecule has 4 nitrogen and oxygen atoms in total. The Hall–Kier alpha value is -1.84. The van der Waals surface area contributed by atoms with E-state index in [1.165, 1.54) is 5.56 Å². The molecule has 0 spiro atoms. The molecule has 4 heteroatoms. The van der Waals surface area contributed by atoms with E-state index in [0.717, 1.165) is 6.42 Å². The fraction of sp³-hybridized carbons (Fsp3) is 0.333. The van der Waals surface area contributed by atoms with Crippen LogP contribution in [0.5, 0.6) is 0 Å². The molecule has 1 heterocycles. The molecule has 0 bridgehead atoms. The predicted octanol–water partition coefficient (Wildman–Crippen LogP) is 0.774. The van der Waals surface area contributed by atoms with Crippen molar-refractivity contribution in [2.75, 3.05) is 19.7 Å². The Bertz CT molecular complexity index is 387. The van der Waals surface area contributed by atoms with Crippen LogP contribution in [-0.2, 0) is 16.0 Å². The highest BCUT2D eigenvalue weighted by Gasteiger charge is 2.15. The van der Waals surface area contributed by atoms with Crippen molar-refractivity contribution in [1.82, 2.24) is 5.32 Å². The standard InChI is InChI=1S/C12H14N2O2/c15-11(12-14-8-9-16-12)13-7-6-10-4-2-1-3-5-10/h1-5H,6-9H2,(H,13,15). The van der Waals surface area contributed by atoms with Gasteiger partial charge >= 0.3 is 5.91 Å². The van der Waals surface area contributed by atoms with E-state index in [2.05, 4.69) is 10.3 Å². The highest BCUT2D eigenvalue weighted by atomic mass is 16.5. The number of benzene rings is 1. The zero-order chi connectivity index (χ0) is 11.2. The van der Waals surface area contributed by atoms with Gasteiger partial charge in [0.2, 0.25) is 0 Å². The molecule has 0 fully saturated rings. The summed E-state index contributed by atoms with van der Waals surface area (Å²) in [5.41, 5.74) is 1.21. The Morgan fingerprint density at radius 3 is 2.88 bits per heavy atom. The lowest BCUT2D eigenvalue weighted by Crippen LogP contribution is -2.32. The van der Waals surface area contributed by atoms with Crippen molar-refractivity contribution in [3.8, 4) is 0 Å². The van der Waals surface area contributed by atoms with Crippen LogP contribution in [0.3, 0.4) is 0 Å². The van der Waals surface area contributed by atoms with Gasteiger partial charge in [-0.05, 0) is 12.0 Å². The SMILES string of the molecule is O=C(NCCc1ccccc1)C1=NCCO1. The topological polar surface area (TPSA) is 50.7 Å². The summed E-state index contributed by atoms with van der Waals surface area (Å²) >= 11 is 0. The number of carbonyl (C=O) groups is 1. The fourth-order valence-corrected chi connectivity index (χ4v) is 1.51. The van der Waals surface area contributed by atoms with Gasteiger partial charge in [0.05, 0.1) is 6.54 Å². The number of carbonyl (C=O) groups excluding carboxylic acids is 1. The summed E-state index contributed by atoms with van der Waals surface area (Å²) < 4.78 is 5.06. The molecule has 1 aromatic carbocycles. The summed E-state index contributed by atoms with van der Waals surface area (Å²) in [5, 5.41) is 2.78. The van der Waals surface area contributed by atoms with Crippen molar-refractivity contribution in [3.05, 3.63) is 35.9 Å². The van der Waals surface area contributed by atoms with Gasteiger partial charge in [-0.2, -0.15) is 0 Å². The van der Waals surface area contributed by atoms with Gasteiger partial charge in [0.15, 0.2) is 0 Å². The van der Waals surface area contributed by atoms with Crippen LogP contribution in [0.1, 0.15) is 5.56 Å². The normalized spacial score (nSPS) is 14.1. The van der Waals surface area contributed by atoms with Gasteiger partial charge in [-0.1, -0.05) is 30.3 Å². The molecule has 0 atom stereocenters. The largest absolute Gasteiger partial charge is 0.472 e. The zero-order valence-corrected chi connectivity index (χ0v) is 8.98. The summed E-state index contributed by atoms with van der Waals surface area (Å²) in [6.07, 6.45) is 0.819. The first-order chi connectivity index (χ1) is 7.86. The van der Waals surface area contributed by atoms with Crippen LogP contribution in [0.25, 0.3) is 0 Å². The molecule has 0 aliphatic carbocycles. The lowest BCUT2D eigenvalue weighted by atomic mass is 10.1. The third kappa shape index (κ3) is 2.82. The highest BCUT2D eigenvalue weighted by Crippen LogP contribution is 1.98. The van der Waals surface area contributed by atoms with Crippen LogP contribution in [0.2, 0.25) is 0 Å². The Labute approximate surface area is 94.3 Å². The Balaban J connectivity index is 1.74.